The number of hydrogen-bond donors (Lipinski definition) is 1. The summed E-state index contributed by atoms with van der Waals surface area (Å²) in [6.45, 7) is 4.37. The van der Waals surface area contributed by atoms with Crippen molar-refractivity contribution < 1.29 is 14.3 Å². The third-order valence-corrected chi connectivity index (χ3v) is 3.65. The summed E-state index contributed by atoms with van der Waals surface area (Å²) in [4.78, 5) is 29.2. The van der Waals surface area contributed by atoms with E-state index in [4.69, 9.17) is 9.47 Å². The van der Waals surface area contributed by atoms with E-state index in [0.717, 1.165) is 5.69 Å². The van der Waals surface area contributed by atoms with Gasteiger partial charge < -0.3 is 19.4 Å². The summed E-state index contributed by atoms with van der Waals surface area (Å²) in [5, 5.41) is 2.69. The molecule has 0 radical (unpaired) electrons. The van der Waals surface area contributed by atoms with Gasteiger partial charge in [-0.2, -0.15) is 0 Å². The lowest BCUT2D eigenvalue weighted by molar-refractivity contribution is 0.102. The lowest BCUT2D eigenvalue weighted by Gasteiger charge is -2.14. The number of ether oxygens (including phenoxy) is 2. The minimum Gasteiger partial charge on any atom is -0.481 e. The van der Waals surface area contributed by atoms with Crippen LogP contribution in [0.25, 0.3) is 0 Å². The fraction of sp³-hybridized carbons (Fsp3) is 0.353. The van der Waals surface area contributed by atoms with Gasteiger partial charge in [0.15, 0.2) is 0 Å². The van der Waals surface area contributed by atoms with Crippen molar-refractivity contribution >= 4 is 11.6 Å². The molecule has 0 atom stereocenters. The zero-order valence-electron chi connectivity index (χ0n) is 14.3. The van der Waals surface area contributed by atoms with Gasteiger partial charge >= 0.3 is 0 Å². The smallest absolute Gasteiger partial charge is 0.263 e. The SMILES string of the molecule is COCCn1c(C)cc(C)c(C(=O)Nc2ccc(OC)nc2)c1=O. The highest BCUT2D eigenvalue weighted by Crippen LogP contribution is 2.13. The fourth-order valence-electron chi connectivity index (χ4n) is 2.43. The van der Waals surface area contributed by atoms with Gasteiger partial charge in [0.1, 0.15) is 5.56 Å². The lowest BCUT2D eigenvalue weighted by atomic mass is 10.1. The van der Waals surface area contributed by atoms with Crippen LogP contribution in [0, 0.1) is 13.8 Å². The second kappa shape index (κ2) is 7.74. The largest absolute Gasteiger partial charge is 0.481 e. The van der Waals surface area contributed by atoms with Gasteiger partial charge in [-0.3, -0.25) is 9.59 Å². The van der Waals surface area contributed by atoms with E-state index in [2.05, 4.69) is 10.3 Å². The van der Waals surface area contributed by atoms with Crippen molar-refractivity contribution in [3.63, 3.8) is 0 Å². The third-order valence-electron chi connectivity index (χ3n) is 3.65. The highest BCUT2D eigenvalue weighted by Gasteiger charge is 2.17. The standard InChI is InChI=1S/C17H21N3O4/c1-11-9-12(2)20(7-8-23-3)17(22)15(11)16(21)19-13-5-6-14(24-4)18-10-13/h5-6,9-10H,7-8H2,1-4H3,(H,19,21). The Hall–Kier alpha value is -2.67. The minimum absolute atomic E-state index is 0.118. The number of rotatable bonds is 6. The number of nitrogens with one attached hydrogen (secondary N) is 1. The maximum Gasteiger partial charge on any atom is 0.263 e. The molecule has 0 aliphatic carbocycles. The number of carbonyl (C=O) groups is 1. The number of methoxy groups -OCH3 is 2. The molecule has 0 unspecified atom stereocenters. The number of carbonyl (C=O) groups excluding carboxylic acids is 1. The molecule has 2 heterocycles. The van der Waals surface area contributed by atoms with E-state index in [-0.39, 0.29) is 11.1 Å². The molecular formula is C17H21N3O4. The van der Waals surface area contributed by atoms with Gasteiger partial charge in [-0.1, -0.05) is 0 Å². The molecule has 0 spiro atoms. The van der Waals surface area contributed by atoms with Gasteiger partial charge in [0.2, 0.25) is 5.88 Å². The first kappa shape index (κ1) is 17.7. The summed E-state index contributed by atoms with van der Waals surface area (Å²) in [5.74, 6) is -0.0166. The van der Waals surface area contributed by atoms with Crippen molar-refractivity contribution in [1.82, 2.24) is 9.55 Å². The Bertz CT molecular complexity index is 782. The maximum absolute atomic E-state index is 12.7. The minimum atomic E-state index is -0.462. The molecule has 2 aromatic heterocycles. The second-order valence-corrected chi connectivity index (χ2v) is 5.34. The van der Waals surface area contributed by atoms with Gasteiger partial charge in [-0.25, -0.2) is 4.98 Å². The van der Waals surface area contributed by atoms with Crippen LogP contribution in [-0.2, 0) is 11.3 Å². The van der Waals surface area contributed by atoms with Crippen molar-refractivity contribution in [3.05, 3.63) is 51.6 Å². The molecule has 7 heteroatoms. The van der Waals surface area contributed by atoms with Gasteiger partial charge in [0.05, 0.1) is 25.6 Å². The van der Waals surface area contributed by atoms with Gasteiger partial charge in [-0.15, -0.1) is 0 Å². The zero-order chi connectivity index (χ0) is 17.7. The van der Waals surface area contributed by atoms with E-state index in [9.17, 15) is 9.59 Å². The number of anilines is 1. The molecule has 0 aliphatic rings. The van der Waals surface area contributed by atoms with Crippen LogP contribution in [0.4, 0.5) is 5.69 Å². The summed E-state index contributed by atoms with van der Waals surface area (Å²) in [6.07, 6.45) is 1.48. The Morgan fingerprint density at radius 3 is 2.62 bits per heavy atom. The Kier molecular flexibility index (Phi) is 5.70. The van der Waals surface area contributed by atoms with Gasteiger partial charge in [0, 0.05) is 25.4 Å². The van der Waals surface area contributed by atoms with Crippen molar-refractivity contribution in [1.29, 1.82) is 0 Å². The van der Waals surface area contributed by atoms with Crippen molar-refractivity contribution in [2.75, 3.05) is 26.1 Å². The van der Waals surface area contributed by atoms with E-state index in [0.29, 0.717) is 30.3 Å². The van der Waals surface area contributed by atoms with E-state index < -0.39 is 5.91 Å². The highest BCUT2D eigenvalue weighted by molar-refractivity contribution is 6.04. The first-order chi connectivity index (χ1) is 11.5. The molecule has 0 aromatic carbocycles. The van der Waals surface area contributed by atoms with Crippen LogP contribution in [0.5, 0.6) is 5.88 Å². The van der Waals surface area contributed by atoms with Crippen LogP contribution >= 0.6 is 0 Å². The number of aromatic nitrogens is 2. The summed E-state index contributed by atoms with van der Waals surface area (Å²) in [7, 11) is 3.08. The van der Waals surface area contributed by atoms with Crippen LogP contribution in [0.3, 0.4) is 0 Å². The molecule has 1 N–H and O–H groups in total. The monoisotopic (exact) mass is 331 g/mol. The molecule has 0 bridgehead atoms. The lowest BCUT2D eigenvalue weighted by Crippen LogP contribution is -2.32. The van der Waals surface area contributed by atoms with Crippen LogP contribution in [0.1, 0.15) is 21.6 Å². The maximum atomic E-state index is 12.7. The van der Waals surface area contributed by atoms with E-state index in [1.54, 1.807) is 26.2 Å². The molecule has 7 nitrogen and oxygen atoms in total. The van der Waals surface area contributed by atoms with Crippen LogP contribution < -0.4 is 15.6 Å². The predicted molar refractivity (Wildman–Crippen MR) is 90.8 cm³/mol. The summed E-state index contributed by atoms with van der Waals surface area (Å²) in [5.41, 5.74) is 1.70. The predicted octanol–water partition coefficient (Wildman–Crippen LogP) is 1.77. The molecule has 0 aliphatic heterocycles. The number of amides is 1. The first-order valence-electron chi connectivity index (χ1n) is 7.49. The molecule has 24 heavy (non-hydrogen) atoms. The van der Waals surface area contributed by atoms with E-state index >= 15 is 0 Å². The molecule has 0 saturated carbocycles. The van der Waals surface area contributed by atoms with Crippen molar-refractivity contribution in [2.24, 2.45) is 0 Å². The number of nitrogens with zero attached hydrogens (tertiary/aromatic N) is 2. The van der Waals surface area contributed by atoms with Gasteiger partial charge in [-0.05, 0) is 31.5 Å². The number of aryl methyl sites for hydroxylation is 2. The molecule has 2 aromatic rings. The van der Waals surface area contributed by atoms with Crippen LogP contribution in [0.2, 0.25) is 0 Å². The Morgan fingerprint density at radius 1 is 1.29 bits per heavy atom. The van der Waals surface area contributed by atoms with Crippen molar-refractivity contribution in [2.45, 2.75) is 20.4 Å². The second-order valence-electron chi connectivity index (χ2n) is 5.34. The molecule has 0 saturated heterocycles. The van der Waals surface area contributed by atoms with E-state index in [1.807, 2.05) is 13.0 Å². The van der Waals surface area contributed by atoms with Crippen LogP contribution in [0.15, 0.2) is 29.2 Å². The first-order valence-corrected chi connectivity index (χ1v) is 7.49. The highest BCUT2D eigenvalue weighted by atomic mass is 16.5. The Balaban J connectivity index is 2.32. The summed E-state index contributed by atoms with van der Waals surface area (Å²) < 4.78 is 11.5. The quantitative estimate of drug-likeness (QED) is 0.872. The zero-order valence-corrected chi connectivity index (χ0v) is 14.3. The normalized spacial score (nSPS) is 10.5. The molecule has 1 amide bonds. The topological polar surface area (TPSA) is 82.4 Å². The Morgan fingerprint density at radius 2 is 2.04 bits per heavy atom. The Labute approximate surface area is 140 Å². The number of hydrogen-bond acceptors (Lipinski definition) is 5. The fourth-order valence-corrected chi connectivity index (χ4v) is 2.43. The van der Waals surface area contributed by atoms with E-state index in [1.165, 1.54) is 17.9 Å². The number of pyridine rings is 2. The average Bonchev–Trinajstić information content (AvgIpc) is 2.55. The van der Waals surface area contributed by atoms with Crippen molar-refractivity contribution in [3.8, 4) is 5.88 Å². The third kappa shape index (κ3) is 3.80. The summed E-state index contributed by atoms with van der Waals surface area (Å²) in [6, 6.07) is 5.11. The average molecular weight is 331 g/mol. The molecule has 2 rings (SSSR count). The van der Waals surface area contributed by atoms with Gasteiger partial charge in [0.25, 0.3) is 11.5 Å². The molecule has 0 fully saturated rings. The molecule has 128 valence electrons. The van der Waals surface area contributed by atoms with Crippen LogP contribution in [-0.4, -0.2) is 36.3 Å². The molecular weight excluding hydrogens is 310 g/mol. The summed E-state index contributed by atoms with van der Waals surface area (Å²) >= 11 is 0.